The second-order valence-corrected chi connectivity index (χ2v) is 0.724. The number of hydrogen-bond donors (Lipinski definition) is 1. The third-order valence-corrected chi connectivity index (χ3v) is 0.224. The van der Waals surface area contributed by atoms with Gasteiger partial charge in [-0.15, -0.1) is 0 Å². The van der Waals surface area contributed by atoms with Gasteiger partial charge in [-0.25, -0.2) is 0 Å². The molecule has 0 aromatic rings. The Morgan fingerprint density at radius 3 is 1.80 bits per heavy atom. The summed E-state index contributed by atoms with van der Waals surface area (Å²) in [5.41, 5.74) is 0. The van der Waals surface area contributed by atoms with Crippen LogP contribution in [0.25, 0.3) is 0 Å². The van der Waals surface area contributed by atoms with Crippen molar-refractivity contribution >= 4 is 0 Å². The molecule has 32 valence electrons. The van der Waals surface area contributed by atoms with Gasteiger partial charge in [0.1, 0.15) is 0 Å². The van der Waals surface area contributed by atoms with Gasteiger partial charge >= 0.3 is 0 Å². The molecule has 0 saturated carbocycles. The van der Waals surface area contributed by atoms with Gasteiger partial charge in [-0.1, -0.05) is 6.92 Å². The molecule has 0 heterocycles. The zero-order valence-corrected chi connectivity index (χ0v) is 6.20. The summed E-state index contributed by atoms with van der Waals surface area (Å²) in [5, 5.41) is 7.88. The molecule has 0 aromatic heterocycles. The Hall–Kier alpha value is 0.648. The van der Waals surface area contributed by atoms with Gasteiger partial charge in [0.05, 0.1) is 0 Å². The Kier molecular flexibility index (Phi) is 16.2. The maximum absolute atomic E-state index is 7.88. The molecule has 0 aliphatic heterocycles. The fraction of sp³-hybridized carbons (Fsp3) is 1.00. The van der Waals surface area contributed by atoms with E-state index in [1.54, 1.807) is 0 Å². The Morgan fingerprint density at radius 1 is 1.60 bits per heavy atom. The van der Waals surface area contributed by atoms with E-state index in [2.05, 4.69) is 0 Å². The first-order valence-corrected chi connectivity index (χ1v) is 1.52. The van der Waals surface area contributed by atoms with Crippen molar-refractivity contribution in [2.45, 2.75) is 13.3 Å². The normalized spacial score (nSPS) is 6.00. The van der Waals surface area contributed by atoms with Crippen LogP contribution in [0, 0.1) is 0 Å². The molecular formula is C3H8OW. The SMILES string of the molecule is CCCO.[W]. The van der Waals surface area contributed by atoms with Crippen LogP contribution >= 0.6 is 0 Å². The van der Waals surface area contributed by atoms with E-state index in [1.165, 1.54) is 0 Å². The first kappa shape index (κ1) is 9.17. The number of rotatable bonds is 1. The van der Waals surface area contributed by atoms with E-state index in [0.29, 0.717) is 6.61 Å². The maximum Gasteiger partial charge on any atom is 0.0428 e. The summed E-state index contributed by atoms with van der Waals surface area (Å²) in [6, 6.07) is 0. The molecule has 0 bridgehead atoms. The molecule has 0 unspecified atom stereocenters. The van der Waals surface area contributed by atoms with Gasteiger partial charge in [0.2, 0.25) is 0 Å². The molecule has 0 aliphatic rings. The molecule has 1 nitrogen and oxygen atoms in total. The maximum atomic E-state index is 7.88. The molecule has 0 fully saturated rings. The molecule has 1 N–H and O–H groups in total. The molecule has 0 saturated heterocycles. The molecule has 5 heavy (non-hydrogen) atoms. The monoisotopic (exact) mass is 244 g/mol. The van der Waals surface area contributed by atoms with Gasteiger partial charge in [-0.3, -0.25) is 0 Å². The predicted octanol–water partition coefficient (Wildman–Crippen LogP) is 0.386. The van der Waals surface area contributed by atoms with Gasteiger partial charge < -0.3 is 5.11 Å². The van der Waals surface area contributed by atoms with Crippen LogP contribution in [-0.2, 0) is 21.1 Å². The third-order valence-electron chi connectivity index (χ3n) is 0.224. The van der Waals surface area contributed by atoms with Crippen LogP contribution in [0.5, 0.6) is 0 Å². The molecule has 0 rings (SSSR count). The second kappa shape index (κ2) is 8.82. The Labute approximate surface area is 46.7 Å². The van der Waals surface area contributed by atoms with E-state index in [-0.39, 0.29) is 21.1 Å². The van der Waals surface area contributed by atoms with Crippen LogP contribution in [-0.4, -0.2) is 11.7 Å². The van der Waals surface area contributed by atoms with Crippen molar-refractivity contribution in [3.8, 4) is 0 Å². The molecule has 0 aromatic carbocycles. The van der Waals surface area contributed by atoms with E-state index in [1.807, 2.05) is 6.92 Å². The minimum absolute atomic E-state index is 0. The Balaban J connectivity index is 0. The molecule has 0 atom stereocenters. The minimum atomic E-state index is 0. The Morgan fingerprint density at radius 2 is 1.80 bits per heavy atom. The molecule has 0 radical (unpaired) electrons. The average molecular weight is 244 g/mol. The molecule has 2 heteroatoms. The van der Waals surface area contributed by atoms with Crippen LogP contribution in [0.2, 0.25) is 0 Å². The quantitative estimate of drug-likeness (QED) is 0.707. The molecule has 0 amide bonds. The largest absolute Gasteiger partial charge is 0.396 e. The fourth-order valence-corrected chi connectivity index (χ4v) is 0. The van der Waals surface area contributed by atoms with Crippen molar-refractivity contribution in [3.63, 3.8) is 0 Å². The van der Waals surface area contributed by atoms with Gasteiger partial charge in [0, 0.05) is 27.7 Å². The number of aliphatic hydroxyl groups is 1. The smallest absolute Gasteiger partial charge is 0.0428 e. The second-order valence-electron chi connectivity index (χ2n) is 0.724. The van der Waals surface area contributed by atoms with Gasteiger partial charge in [0.25, 0.3) is 0 Å². The fourth-order valence-electron chi connectivity index (χ4n) is 0. The minimum Gasteiger partial charge on any atom is -0.396 e. The van der Waals surface area contributed by atoms with Crippen LogP contribution in [0.4, 0.5) is 0 Å². The van der Waals surface area contributed by atoms with Crippen LogP contribution in [0.3, 0.4) is 0 Å². The first-order chi connectivity index (χ1) is 1.91. The van der Waals surface area contributed by atoms with Crippen molar-refractivity contribution in [1.82, 2.24) is 0 Å². The summed E-state index contributed by atoms with van der Waals surface area (Å²) < 4.78 is 0. The topological polar surface area (TPSA) is 20.2 Å². The van der Waals surface area contributed by atoms with E-state index in [9.17, 15) is 0 Å². The van der Waals surface area contributed by atoms with Gasteiger partial charge in [-0.2, -0.15) is 0 Å². The zero-order chi connectivity index (χ0) is 3.41. The predicted molar refractivity (Wildman–Crippen MR) is 17.4 cm³/mol. The van der Waals surface area contributed by atoms with Crippen molar-refractivity contribution in [2.24, 2.45) is 0 Å². The Bertz CT molecular complexity index is 8.85. The summed E-state index contributed by atoms with van der Waals surface area (Å²) in [5.74, 6) is 0. The van der Waals surface area contributed by atoms with E-state index < -0.39 is 0 Å². The third kappa shape index (κ3) is 12.0. The zero-order valence-electron chi connectivity index (χ0n) is 3.27. The molecular weight excluding hydrogens is 236 g/mol. The van der Waals surface area contributed by atoms with E-state index >= 15 is 0 Å². The molecule has 0 spiro atoms. The van der Waals surface area contributed by atoms with Crippen molar-refractivity contribution < 1.29 is 26.2 Å². The van der Waals surface area contributed by atoms with Crippen LogP contribution < -0.4 is 0 Å². The van der Waals surface area contributed by atoms with Gasteiger partial charge in [-0.05, 0) is 6.42 Å². The van der Waals surface area contributed by atoms with E-state index in [0.717, 1.165) is 6.42 Å². The summed E-state index contributed by atoms with van der Waals surface area (Å²) in [7, 11) is 0. The van der Waals surface area contributed by atoms with E-state index in [4.69, 9.17) is 5.11 Å². The van der Waals surface area contributed by atoms with Crippen LogP contribution in [0.1, 0.15) is 13.3 Å². The number of hydrogen-bond acceptors (Lipinski definition) is 1. The summed E-state index contributed by atoms with van der Waals surface area (Å²) in [6.45, 7) is 2.25. The van der Waals surface area contributed by atoms with Gasteiger partial charge in [0.15, 0.2) is 0 Å². The van der Waals surface area contributed by atoms with Crippen molar-refractivity contribution in [3.05, 3.63) is 0 Å². The average Bonchev–Trinajstić information content (AvgIpc) is 1.37. The first-order valence-electron chi connectivity index (χ1n) is 1.52. The molecule has 0 aliphatic carbocycles. The van der Waals surface area contributed by atoms with Crippen molar-refractivity contribution in [2.75, 3.05) is 6.61 Å². The summed E-state index contributed by atoms with van der Waals surface area (Å²) >= 11 is 0. The van der Waals surface area contributed by atoms with Crippen molar-refractivity contribution in [1.29, 1.82) is 0 Å². The number of aliphatic hydroxyl groups excluding tert-OH is 1. The summed E-state index contributed by atoms with van der Waals surface area (Å²) in [6.07, 6.45) is 0.875. The standard InChI is InChI=1S/C3H8O.W/c1-2-3-4;/h4H,2-3H2,1H3;. The van der Waals surface area contributed by atoms with Crippen LogP contribution in [0.15, 0.2) is 0 Å². The summed E-state index contributed by atoms with van der Waals surface area (Å²) in [4.78, 5) is 0.